The lowest BCUT2D eigenvalue weighted by molar-refractivity contribution is -0.142. The molecule has 1 aliphatic heterocycles. The highest BCUT2D eigenvalue weighted by atomic mass is 16.5. The molecule has 0 saturated carbocycles. The minimum Gasteiger partial charge on any atom is -0.494 e. The van der Waals surface area contributed by atoms with E-state index in [1.54, 1.807) is 0 Å². The zero-order chi connectivity index (χ0) is 16.1. The molecule has 0 bridgehead atoms. The predicted octanol–water partition coefficient (Wildman–Crippen LogP) is 0.537. The van der Waals surface area contributed by atoms with Gasteiger partial charge in [-0.25, -0.2) is 0 Å². The van der Waals surface area contributed by atoms with E-state index in [-0.39, 0.29) is 6.54 Å². The van der Waals surface area contributed by atoms with Gasteiger partial charge in [0.1, 0.15) is 11.7 Å². The van der Waals surface area contributed by atoms with Gasteiger partial charge in [-0.05, 0) is 31.0 Å². The summed E-state index contributed by atoms with van der Waals surface area (Å²) in [6.07, 6.45) is 0.629. The summed E-state index contributed by atoms with van der Waals surface area (Å²) < 4.78 is 5.57. The second-order valence-electron chi connectivity index (χ2n) is 5.41. The number of nitrogens with one attached hydrogen (secondary N) is 1. The molecule has 118 valence electrons. The van der Waals surface area contributed by atoms with E-state index in [2.05, 4.69) is 5.32 Å². The van der Waals surface area contributed by atoms with E-state index >= 15 is 0 Å². The van der Waals surface area contributed by atoms with E-state index in [0.29, 0.717) is 19.6 Å². The summed E-state index contributed by atoms with van der Waals surface area (Å²) in [6, 6.07) is 7.73. The molecular formula is C16H20N2O4. The Kier molecular flexibility index (Phi) is 5.14. The van der Waals surface area contributed by atoms with E-state index in [0.717, 1.165) is 11.3 Å². The van der Waals surface area contributed by atoms with Crippen LogP contribution in [0.3, 0.4) is 0 Å². The number of hydrogen-bond acceptors (Lipinski definition) is 4. The van der Waals surface area contributed by atoms with Crippen molar-refractivity contribution in [1.82, 2.24) is 10.2 Å². The van der Waals surface area contributed by atoms with Gasteiger partial charge in [0.25, 0.3) is 5.91 Å². The standard InChI is InChI=1S/C16H20N2O4/c1-11-5-3-6-12(9-11)22-8-4-7-17-15(20)13-10-18(2)16(21)14(13)19/h3,5-6,9,13H,4,7-8,10H2,1-2H3,(H,17,20). The third-order valence-electron chi connectivity index (χ3n) is 3.53. The van der Waals surface area contributed by atoms with Crippen molar-refractivity contribution in [2.75, 3.05) is 26.7 Å². The van der Waals surface area contributed by atoms with Crippen LogP contribution in [0.2, 0.25) is 0 Å². The Bertz CT molecular complexity index is 585. The molecular weight excluding hydrogens is 284 g/mol. The second-order valence-corrected chi connectivity index (χ2v) is 5.41. The van der Waals surface area contributed by atoms with Crippen LogP contribution in [0.15, 0.2) is 24.3 Å². The molecule has 0 aliphatic carbocycles. The number of aryl methyl sites for hydroxylation is 1. The van der Waals surface area contributed by atoms with Gasteiger partial charge < -0.3 is 15.0 Å². The highest BCUT2D eigenvalue weighted by molar-refractivity contribution is 6.42. The number of ether oxygens (including phenoxy) is 1. The van der Waals surface area contributed by atoms with Crippen molar-refractivity contribution in [3.05, 3.63) is 29.8 Å². The van der Waals surface area contributed by atoms with E-state index in [9.17, 15) is 14.4 Å². The zero-order valence-electron chi connectivity index (χ0n) is 12.8. The van der Waals surface area contributed by atoms with Crippen LogP contribution >= 0.6 is 0 Å². The molecule has 1 saturated heterocycles. The van der Waals surface area contributed by atoms with Crippen LogP contribution in [0.1, 0.15) is 12.0 Å². The lowest BCUT2D eigenvalue weighted by Gasteiger charge is -2.10. The largest absolute Gasteiger partial charge is 0.494 e. The highest BCUT2D eigenvalue weighted by Gasteiger charge is 2.41. The Morgan fingerprint density at radius 1 is 1.41 bits per heavy atom. The van der Waals surface area contributed by atoms with Crippen molar-refractivity contribution in [2.45, 2.75) is 13.3 Å². The molecule has 0 radical (unpaired) electrons. The molecule has 1 fully saturated rings. The van der Waals surface area contributed by atoms with Crippen molar-refractivity contribution in [1.29, 1.82) is 0 Å². The van der Waals surface area contributed by atoms with Crippen molar-refractivity contribution in [3.8, 4) is 5.75 Å². The molecule has 1 aromatic rings. The number of amides is 2. The topological polar surface area (TPSA) is 75.7 Å². The summed E-state index contributed by atoms with van der Waals surface area (Å²) in [5.41, 5.74) is 1.12. The van der Waals surface area contributed by atoms with Crippen molar-refractivity contribution < 1.29 is 19.1 Å². The number of likely N-dealkylation sites (N-methyl/N-ethyl adjacent to an activating group) is 1. The van der Waals surface area contributed by atoms with Crippen molar-refractivity contribution in [3.63, 3.8) is 0 Å². The molecule has 1 N–H and O–H groups in total. The second kappa shape index (κ2) is 7.06. The van der Waals surface area contributed by atoms with Gasteiger partial charge in [0.2, 0.25) is 11.7 Å². The van der Waals surface area contributed by atoms with E-state index < -0.39 is 23.5 Å². The Labute approximate surface area is 129 Å². The van der Waals surface area contributed by atoms with Gasteiger partial charge in [0.15, 0.2) is 0 Å². The average molecular weight is 304 g/mol. The van der Waals surface area contributed by atoms with Crippen molar-refractivity contribution in [2.24, 2.45) is 5.92 Å². The summed E-state index contributed by atoms with van der Waals surface area (Å²) in [5.74, 6) is -1.70. The smallest absolute Gasteiger partial charge is 0.290 e. The first kappa shape index (κ1) is 16.0. The van der Waals surface area contributed by atoms with Crippen LogP contribution in [0.5, 0.6) is 5.75 Å². The molecule has 1 atom stereocenters. The first-order valence-electron chi connectivity index (χ1n) is 7.25. The number of rotatable bonds is 6. The fourth-order valence-electron chi connectivity index (χ4n) is 2.28. The van der Waals surface area contributed by atoms with Gasteiger partial charge >= 0.3 is 0 Å². The maximum Gasteiger partial charge on any atom is 0.290 e. The summed E-state index contributed by atoms with van der Waals surface area (Å²) in [7, 11) is 1.52. The Hall–Kier alpha value is -2.37. The number of nitrogens with zero attached hydrogens (tertiary/aromatic N) is 1. The molecule has 2 amide bonds. The first-order valence-corrected chi connectivity index (χ1v) is 7.25. The summed E-state index contributed by atoms with van der Waals surface area (Å²) in [6.45, 7) is 3.03. The normalized spacial score (nSPS) is 17.7. The number of benzene rings is 1. The number of Topliss-reactive ketones (excluding diaryl/α,β-unsaturated/α-hetero) is 1. The van der Waals surface area contributed by atoms with Gasteiger partial charge in [0, 0.05) is 20.1 Å². The number of hydrogen-bond donors (Lipinski definition) is 1. The van der Waals surface area contributed by atoms with Gasteiger partial charge in [0.05, 0.1) is 6.61 Å². The fraction of sp³-hybridized carbons (Fsp3) is 0.438. The monoisotopic (exact) mass is 304 g/mol. The molecule has 22 heavy (non-hydrogen) atoms. The Morgan fingerprint density at radius 2 is 2.18 bits per heavy atom. The maximum absolute atomic E-state index is 11.9. The molecule has 1 aromatic carbocycles. The fourth-order valence-corrected chi connectivity index (χ4v) is 2.28. The van der Waals surface area contributed by atoms with Crippen LogP contribution in [0.4, 0.5) is 0 Å². The number of carbonyl (C=O) groups excluding carboxylic acids is 3. The molecule has 6 nitrogen and oxygen atoms in total. The lowest BCUT2D eigenvalue weighted by Crippen LogP contribution is -2.36. The quantitative estimate of drug-likeness (QED) is 0.473. The molecule has 0 aromatic heterocycles. The van der Waals surface area contributed by atoms with Crippen molar-refractivity contribution >= 4 is 17.6 Å². The van der Waals surface area contributed by atoms with E-state index in [1.165, 1.54) is 11.9 Å². The van der Waals surface area contributed by atoms with Crippen LogP contribution in [-0.4, -0.2) is 49.2 Å². The predicted molar refractivity (Wildman–Crippen MR) is 80.4 cm³/mol. The van der Waals surface area contributed by atoms with E-state index in [1.807, 2.05) is 31.2 Å². The third-order valence-corrected chi connectivity index (χ3v) is 3.53. The highest BCUT2D eigenvalue weighted by Crippen LogP contribution is 2.13. The summed E-state index contributed by atoms with van der Waals surface area (Å²) >= 11 is 0. The zero-order valence-corrected chi connectivity index (χ0v) is 12.8. The Morgan fingerprint density at radius 3 is 2.82 bits per heavy atom. The minimum atomic E-state index is -0.879. The SMILES string of the molecule is Cc1cccc(OCCCNC(=O)C2CN(C)C(=O)C2=O)c1. The molecule has 1 unspecified atom stereocenters. The Balaban J connectivity index is 1.68. The molecule has 2 rings (SSSR count). The van der Waals surface area contributed by atoms with Crippen LogP contribution in [-0.2, 0) is 14.4 Å². The van der Waals surface area contributed by atoms with Gasteiger partial charge in [-0.3, -0.25) is 14.4 Å². The average Bonchev–Trinajstić information content (AvgIpc) is 2.74. The molecule has 6 heteroatoms. The van der Waals surface area contributed by atoms with Crippen LogP contribution in [0.25, 0.3) is 0 Å². The van der Waals surface area contributed by atoms with Gasteiger partial charge in [-0.1, -0.05) is 12.1 Å². The summed E-state index contributed by atoms with van der Waals surface area (Å²) in [4.78, 5) is 36.1. The summed E-state index contributed by atoms with van der Waals surface area (Å²) in [5, 5.41) is 2.68. The van der Waals surface area contributed by atoms with Crippen LogP contribution in [0, 0.1) is 12.8 Å². The van der Waals surface area contributed by atoms with Gasteiger partial charge in [-0.15, -0.1) is 0 Å². The third kappa shape index (κ3) is 3.84. The maximum atomic E-state index is 11.9. The molecule has 1 heterocycles. The number of carbonyl (C=O) groups is 3. The van der Waals surface area contributed by atoms with Crippen LogP contribution < -0.4 is 10.1 Å². The lowest BCUT2D eigenvalue weighted by atomic mass is 10.1. The minimum absolute atomic E-state index is 0.156. The first-order chi connectivity index (χ1) is 10.5. The van der Waals surface area contributed by atoms with E-state index in [4.69, 9.17) is 4.74 Å². The van der Waals surface area contributed by atoms with Gasteiger partial charge in [-0.2, -0.15) is 0 Å². The number of ketones is 1. The number of likely N-dealkylation sites (tertiary alicyclic amines) is 1. The molecule has 0 spiro atoms. The molecule has 1 aliphatic rings.